The summed E-state index contributed by atoms with van der Waals surface area (Å²) in [7, 11) is 0. The first-order valence-electron chi connectivity index (χ1n) is 9.76. The summed E-state index contributed by atoms with van der Waals surface area (Å²) >= 11 is 5.13. The van der Waals surface area contributed by atoms with Gasteiger partial charge in [0.15, 0.2) is 5.11 Å². The lowest BCUT2D eigenvalue weighted by Gasteiger charge is -2.28. The molecule has 1 fully saturated rings. The Morgan fingerprint density at radius 2 is 1.94 bits per heavy atom. The highest BCUT2D eigenvalue weighted by Gasteiger charge is 2.35. The highest BCUT2D eigenvalue weighted by Crippen LogP contribution is 2.30. The van der Waals surface area contributed by atoms with Crippen molar-refractivity contribution in [3.8, 4) is 11.3 Å². The number of hydrogen-bond donors (Lipinski definition) is 2. The van der Waals surface area contributed by atoms with E-state index in [0.29, 0.717) is 11.3 Å². The minimum Gasteiger partial charge on any atom is -0.478 e. The Hall–Kier alpha value is -4.64. The van der Waals surface area contributed by atoms with Crippen LogP contribution >= 0.6 is 12.2 Å². The summed E-state index contributed by atoms with van der Waals surface area (Å²) in [5.41, 5.74) is 0.955. The van der Waals surface area contributed by atoms with Crippen molar-refractivity contribution < 1.29 is 28.8 Å². The van der Waals surface area contributed by atoms with Gasteiger partial charge in [-0.15, -0.1) is 0 Å². The molecule has 170 valence electrons. The van der Waals surface area contributed by atoms with E-state index in [1.807, 2.05) is 0 Å². The van der Waals surface area contributed by atoms with E-state index in [1.165, 1.54) is 48.5 Å². The summed E-state index contributed by atoms with van der Waals surface area (Å²) < 4.78 is 5.74. The van der Waals surface area contributed by atoms with Gasteiger partial charge in [0.05, 0.1) is 16.2 Å². The fourth-order valence-corrected chi connectivity index (χ4v) is 3.66. The largest absolute Gasteiger partial charge is 0.478 e. The number of aryl methyl sites for hydroxylation is 1. The molecule has 1 aliphatic rings. The minimum absolute atomic E-state index is 0.0569. The molecular formula is C23H15N3O7S. The van der Waals surface area contributed by atoms with Gasteiger partial charge in [-0.05, 0) is 61.1 Å². The van der Waals surface area contributed by atoms with Crippen LogP contribution in [0.5, 0.6) is 0 Å². The number of hydrogen-bond acceptors (Lipinski definition) is 7. The third kappa shape index (κ3) is 4.19. The van der Waals surface area contributed by atoms with Crippen molar-refractivity contribution in [2.45, 2.75) is 6.92 Å². The standard InChI is InChI=1S/C23H15N3O7S/c1-12-5-6-15(26(31)32)10-17(12)19-8-7-16(33-19)11-18-20(27)24-23(34)25(21(18)28)14-4-2-3-13(9-14)22(29)30/h2-11H,1H3,(H,29,30)(H,24,27,34). The van der Waals surface area contributed by atoms with Gasteiger partial charge in [0.2, 0.25) is 0 Å². The minimum atomic E-state index is -1.18. The molecule has 11 heteroatoms. The van der Waals surface area contributed by atoms with Gasteiger partial charge in [-0.25, -0.2) is 4.79 Å². The number of furan rings is 1. The molecule has 0 saturated carbocycles. The number of carbonyl (C=O) groups excluding carboxylic acids is 2. The van der Waals surface area contributed by atoms with Crippen molar-refractivity contribution in [3.63, 3.8) is 0 Å². The molecule has 1 aliphatic heterocycles. The quantitative estimate of drug-likeness (QED) is 0.186. The number of thiocarbonyl (C=S) groups is 1. The molecule has 4 rings (SSSR count). The summed E-state index contributed by atoms with van der Waals surface area (Å²) in [6.45, 7) is 1.77. The lowest BCUT2D eigenvalue weighted by molar-refractivity contribution is -0.384. The number of nitro groups is 1. The molecule has 0 atom stereocenters. The average molecular weight is 477 g/mol. The lowest BCUT2D eigenvalue weighted by Crippen LogP contribution is -2.54. The molecule has 0 unspecified atom stereocenters. The van der Waals surface area contributed by atoms with Crippen LogP contribution in [-0.2, 0) is 9.59 Å². The Kier molecular flexibility index (Phi) is 5.78. The summed E-state index contributed by atoms with van der Waals surface area (Å²) in [6.07, 6.45) is 1.23. The maximum Gasteiger partial charge on any atom is 0.335 e. The molecule has 3 aromatic rings. The van der Waals surface area contributed by atoms with Gasteiger partial charge in [-0.3, -0.25) is 29.9 Å². The van der Waals surface area contributed by atoms with E-state index >= 15 is 0 Å². The number of rotatable bonds is 5. The van der Waals surface area contributed by atoms with Gasteiger partial charge in [0.1, 0.15) is 17.1 Å². The first-order valence-corrected chi connectivity index (χ1v) is 10.2. The molecule has 0 spiro atoms. The normalized spacial score (nSPS) is 14.9. The van der Waals surface area contributed by atoms with Crippen molar-refractivity contribution in [3.05, 3.63) is 87.2 Å². The Bertz CT molecular complexity index is 1420. The summed E-state index contributed by atoms with van der Waals surface area (Å²) in [5, 5.41) is 22.5. The van der Waals surface area contributed by atoms with E-state index in [0.717, 1.165) is 10.5 Å². The SMILES string of the molecule is Cc1ccc([N+](=O)[O-])cc1-c1ccc(C=C2C(=O)NC(=S)N(c3cccc(C(=O)O)c3)C2=O)o1. The van der Waals surface area contributed by atoms with Crippen LogP contribution in [0.25, 0.3) is 17.4 Å². The highest BCUT2D eigenvalue weighted by atomic mass is 32.1. The average Bonchev–Trinajstić information content (AvgIpc) is 3.25. The second-order valence-electron chi connectivity index (χ2n) is 7.27. The van der Waals surface area contributed by atoms with Crippen molar-refractivity contribution in [2.75, 3.05) is 4.90 Å². The molecule has 0 bridgehead atoms. The molecule has 2 aromatic carbocycles. The van der Waals surface area contributed by atoms with Crippen LogP contribution in [0, 0.1) is 17.0 Å². The van der Waals surface area contributed by atoms with E-state index in [4.69, 9.17) is 16.6 Å². The predicted octanol–water partition coefficient (Wildman–Crippen LogP) is 3.69. The van der Waals surface area contributed by atoms with Crippen molar-refractivity contribution in [1.82, 2.24) is 5.32 Å². The fraction of sp³-hybridized carbons (Fsp3) is 0.0435. The first-order chi connectivity index (χ1) is 16.2. The second kappa shape index (κ2) is 8.71. The van der Waals surface area contributed by atoms with Crippen molar-refractivity contribution in [1.29, 1.82) is 0 Å². The molecule has 10 nitrogen and oxygen atoms in total. The Labute approximate surface area is 197 Å². The molecule has 2 N–H and O–H groups in total. The van der Waals surface area contributed by atoms with Crippen LogP contribution in [0.15, 0.2) is 64.6 Å². The van der Waals surface area contributed by atoms with Gasteiger partial charge >= 0.3 is 5.97 Å². The van der Waals surface area contributed by atoms with Gasteiger partial charge < -0.3 is 9.52 Å². The third-order valence-corrected chi connectivity index (χ3v) is 5.35. The number of carboxylic acid groups (broad SMARTS) is 1. The van der Waals surface area contributed by atoms with Gasteiger partial charge in [0, 0.05) is 17.7 Å². The Balaban J connectivity index is 1.70. The number of nitrogens with zero attached hydrogens (tertiary/aromatic N) is 2. The van der Waals surface area contributed by atoms with Crippen LogP contribution in [0.2, 0.25) is 0 Å². The number of carbonyl (C=O) groups is 3. The van der Waals surface area contributed by atoms with Gasteiger partial charge in [-0.2, -0.15) is 0 Å². The topological polar surface area (TPSA) is 143 Å². The summed E-state index contributed by atoms with van der Waals surface area (Å²) in [4.78, 5) is 48.5. The number of nitrogens with one attached hydrogen (secondary N) is 1. The molecule has 1 saturated heterocycles. The molecule has 2 amide bonds. The maximum atomic E-state index is 13.1. The summed E-state index contributed by atoms with van der Waals surface area (Å²) in [6, 6.07) is 13.0. The number of aromatic carboxylic acids is 1. The van der Waals surface area contributed by atoms with Crippen molar-refractivity contribution >= 4 is 52.6 Å². The molecule has 2 heterocycles. The highest BCUT2D eigenvalue weighted by molar-refractivity contribution is 7.80. The molecular weight excluding hydrogens is 462 g/mol. The number of amides is 2. The third-order valence-electron chi connectivity index (χ3n) is 5.06. The molecule has 34 heavy (non-hydrogen) atoms. The zero-order chi connectivity index (χ0) is 24.6. The predicted molar refractivity (Wildman–Crippen MR) is 125 cm³/mol. The molecule has 1 aromatic heterocycles. The van der Waals surface area contributed by atoms with E-state index in [9.17, 15) is 29.6 Å². The van der Waals surface area contributed by atoms with E-state index in [2.05, 4.69) is 5.32 Å². The first kappa shape index (κ1) is 22.6. The lowest BCUT2D eigenvalue weighted by atomic mass is 10.1. The summed E-state index contributed by atoms with van der Waals surface area (Å²) in [5.74, 6) is -2.22. The fourth-order valence-electron chi connectivity index (χ4n) is 3.38. The number of carboxylic acids is 1. The van der Waals surface area contributed by atoms with Crippen molar-refractivity contribution in [2.24, 2.45) is 0 Å². The number of benzene rings is 2. The van der Waals surface area contributed by atoms with Crippen LogP contribution in [0.1, 0.15) is 21.7 Å². The Morgan fingerprint density at radius 1 is 1.18 bits per heavy atom. The van der Waals surface area contributed by atoms with E-state index in [1.54, 1.807) is 19.1 Å². The van der Waals surface area contributed by atoms with Crippen LogP contribution in [0.4, 0.5) is 11.4 Å². The van der Waals surface area contributed by atoms with E-state index < -0.39 is 22.7 Å². The molecule has 0 radical (unpaired) electrons. The number of non-ortho nitro benzene ring substituents is 1. The number of anilines is 1. The zero-order valence-corrected chi connectivity index (χ0v) is 18.3. The van der Waals surface area contributed by atoms with Crippen LogP contribution < -0.4 is 10.2 Å². The monoisotopic (exact) mass is 477 g/mol. The van der Waals surface area contributed by atoms with Gasteiger partial charge in [-0.1, -0.05) is 12.1 Å². The molecule has 0 aliphatic carbocycles. The maximum absolute atomic E-state index is 13.1. The van der Waals surface area contributed by atoms with Gasteiger partial charge in [0.25, 0.3) is 17.5 Å². The van der Waals surface area contributed by atoms with Crippen LogP contribution in [0.3, 0.4) is 0 Å². The van der Waals surface area contributed by atoms with E-state index in [-0.39, 0.29) is 33.4 Å². The van der Waals surface area contributed by atoms with Crippen LogP contribution in [-0.4, -0.2) is 32.9 Å². The zero-order valence-electron chi connectivity index (χ0n) is 17.5. The smallest absolute Gasteiger partial charge is 0.335 e. The Morgan fingerprint density at radius 3 is 2.65 bits per heavy atom. The number of nitro benzene ring substituents is 1. The second-order valence-corrected chi connectivity index (χ2v) is 7.66.